The van der Waals surface area contributed by atoms with Crippen LogP contribution < -0.4 is 10.6 Å². The highest BCUT2D eigenvalue weighted by atomic mass is 16.2. The Hall–Kier alpha value is -1.35. The number of carbonyl (C=O) groups is 1. The van der Waals surface area contributed by atoms with E-state index in [-0.39, 0.29) is 17.9 Å². The van der Waals surface area contributed by atoms with Gasteiger partial charge in [-0.1, -0.05) is 26.0 Å². The molecule has 0 heterocycles. The Morgan fingerprint density at radius 2 is 2.00 bits per heavy atom. The summed E-state index contributed by atoms with van der Waals surface area (Å²) in [5, 5.41) is 0. The maximum absolute atomic E-state index is 12.9. The lowest BCUT2D eigenvalue weighted by Gasteiger charge is -2.31. The molecule has 0 aliphatic heterocycles. The number of anilines is 1. The highest BCUT2D eigenvalue weighted by Gasteiger charge is 2.49. The fourth-order valence-corrected chi connectivity index (χ4v) is 4.15. The van der Waals surface area contributed by atoms with Gasteiger partial charge in [0.2, 0.25) is 5.91 Å². The molecule has 3 rings (SSSR count). The van der Waals surface area contributed by atoms with Crippen molar-refractivity contribution in [2.24, 2.45) is 23.5 Å². The van der Waals surface area contributed by atoms with Crippen molar-refractivity contribution in [2.45, 2.75) is 45.1 Å². The van der Waals surface area contributed by atoms with Crippen molar-refractivity contribution in [1.82, 2.24) is 0 Å². The van der Waals surface area contributed by atoms with Crippen LogP contribution in [0.25, 0.3) is 0 Å². The number of nitrogens with zero attached hydrogens (tertiary/aromatic N) is 1. The van der Waals surface area contributed by atoms with Gasteiger partial charge in [0.1, 0.15) is 0 Å². The number of carbonyl (C=O) groups excluding carboxylic acids is 1. The second-order valence-electron chi connectivity index (χ2n) is 7.08. The molecule has 4 atom stereocenters. The number of benzene rings is 1. The van der Waals surface area contributed by atoms with Gasteiger partial charge in [0, 0.05) is 18.8 Å². The van der Waals surface area contributed by atoms with Gasteiger partial charge < -0.3 is 10.6 Å². The van der Waals surface area contributed by atoms with E-state index in [1.807, 2.05) is 24.1 Å². The zero-order valence-electron chi connectivity index (χ0n) is 13.3. The topological polar surface area (TPSA) is 46.3 Å². The standard InChI is InChI=1S/C18H26N2O/c1-11(2)12-5-4-6-15(10-12)20(3)18(21)16-13-7-8-14(9-13)17(16)19/h4-6,10-11,13-14,16-17H,7-9,19H2,1-3H3. The molecule has 3 heteroatoms. The first-order valence-electron chi connectivity index (χ1n) is 8.12. The van der Waals surface area contributed by atoms with Crippen molar-refractivity contribution in [2.75, 3.05) is 11.9 Å². The molecule has 1 aromatic carbocycles. The Bertz CT molecular complexity index is 538. The maximum atomic E-state index is 12.9. The summed E-state index contributed by atoms with van der Waals surface area (Å²) >= 11 is 0. The van der Waals surface area contributed by atoms with E-state index < -0.39 is 0 Å². The molecule has 1 aromatic rings. The van der Waals surface area contributed by atoms with E-state index in [2.05, 4.69) is 26.0 Å². The molecule has 0 radical (unpaired) electrons. The van der Waals surface area contributed by atoms with E-state index >= 15 is 0 Å². The van der Waals surface area contributed by atoms with E-state index in [9.17, 15) is 4.79 Å². The molecule has 1 amide bonds. The monoisotopic (exact) mass is 286 g/mol. The lowest BCUT2D eigenvalue weighted by molar-refractivity contribution is -0.124. The van der Waals surface area contributed by atoms with Crippen LogP contribution in [0.2, 0.25) is 0 Å². The minimum Gasteiger partial charge on any atom is -0.327 e. The highest BCUT2D eigenvalue weighted by molar-refractivity contribution is 5.95. The van der Waals surface area contributed by atoms with Crippen molar-refractivity contribution >= 4 is 11.6 Å². The first-order chi connectivity index (χ1) is 9.99. The first kappa shape index (κ1) is 14.6. The van der Waals surface area contributed by atoms with E-state index in [4.69, 9.17) is 5.73 Å². The average molecular weight is 286 g/mol. The van der Waals surface area contributed by atoms with E-state index in [1.54, 1.807) is 0 Å². The minimum absolute atomic E-state index is 0.0245. The third kappa shape index (κ3) is 2.48. The molecule has 0 aromatic heterocycles. The van der Waals surface area contributed by atoms with Crippen LogP contribution in [0, 0.1) is 17.8 Å². The summed E-state index contributed by atoms with van der Waals surface area (Å²) in [6.45, 7) is 4.35. The summed E-state index contributed by atoms with van der Waals surface area (Å²) in [4.78, 5) is 14.7. The minimum atomic E-state index is 0.0245. The predicted octanol–water partition coefficient (Wildman–Crippen LogP) is 3.15. The Kier molecular flexibility index (Phi) is 3.78. The van der Waals surface area contributed by atoms with Crippen LogP contribution >= 0.6 is 0 Å². The van der Waals surface area contributed by atoms with Crippen molar-refractivity contribution in [1.29, 1.82) is 0 Å². The van der Waals surface area contributed by atoms with E-state index in [0.717, 1.165) is 12.1 Å². The average Bonchev–Trinajstić information content (AvgIpc) is 3.07. The molecule has 2 bridgehead atoms. The Morgan fingerprint density at radius 3 is 2.62 bits per heavy atom. The zero-order chi connectivity index (χ0) is 15.1. The van der Waals surface area contributed by atoms with E-state index in [0.29, 0.717) is 17.8 Å². The molecule has 114 valence electrons. The van der Waals surface area contributed by atoms with Crippen molar-refractivity contribution in [3.05, 3.63) is 29.8 Å². The Morgan fingerprint density at radius 1 is 1.29 bits per heavy atom. The molecule has 2 aliphatic rings. The number of hydrogen-bond acceptors (Lipinski definition) is 2. The van der Waals surface area contributed by atoms with Gasteiger partial charge in [0.05, 0.1) is 5.92 Å². The quantitative estimate of drug-likeness (QED) is 0.928. The van der Waals surface area contributed by atoms with Crippen molar-refractivity contribution in [3.8, 4) is 0 Å². The largest absolute Gasteiger partial charge is 0.327 e. The van der Waals surface area contributed by atoms with Gasteiger partial charge in [-0.3, -0.25) is 4.79 Å². The molecular formula is C18H26N2O. The Labute approximate surface area is 127 Å². The molecule has 0 saturated heterocycles. The fourth-order valence-electron chi connectivity index (χ4n) is 4.15. The number of hydrogen-bond donors (Lipinski definition) is 1. The summed E-state index contributed by atoms with van der Waals surface area (Å²) in [5.41, 5.74) is 8.57. The summed E-state index contributed by atoms with van der Waals surface area (Å²) in [5.74, 6) is 1.78. The molecule has 2 aliphatic carbocycles. The van der Waals surface area contributed by atoms with Crippen LogP contribution in [0.5, 0.6) is 0 Å². The summed E-state index contributed by atoms with van der Waals surface area (Å²) < 4.78 is 0. The molecule has 4 unspecified atom stereocenters. The molecule has 2 N–H and O–H groups in total. The van der Waals surface area contributed by atoms with Crippen LogP contribution in [0.4, 0.5) is 5.69 Å². The Balaban J connectivity index is 1.80. The number of rotatable bonds is 3. The molecule has 3 nitrogen and oxygen atoms in total. The normalized spacial score (nSPS) is 30.9. The van der Waals surface area contributed by atoms with Crippen LogP contribution in [-0.4, -0.2) is 19.0 Å². The van der Waals surface area contributed by atoms with Gasteiger partial charge in [-0.05, 0) is 54.7 Å². The van der Waals surface area contributed by atoms with Gasteiger partial charge in [-0.2, -0.15) is 0 Å². The molecule has 0 spiro atoms. The van der Waals surface area contributed by atoms with Crippen molar-refractivity contribution < 1.29 is 4.79 Å². The number of nitrogens with two attached hydrogens (primary N) is 1. The third-order valence-corrected chi connectivity index (χ3v) is 5.52. The van der Waals surface area contributed by atoms with Crippen molar-refractivity contribution in [3.63, 3.8) is 0 Å². The lowest BCUT2D eigenvalue weighted by Crippen LogP contribution is -2.46. The lowest BCUT2D eigenvalue weighted by atomic mass is 9.84. The smallest absolute Gasteiger partial charge is 0.231 e. The molecule has 2 fully saturated rings. The van der Waals surface area contributed by atoms with Gasteiger partial charge in [-0.15, -0.1) is 0 Å². The number of amides is 1. The third-order valence-electron chi connectivity index (χ3n) is 5.52. The van der Waals surface area contributed by atoms with Crippen LogP contribution in [-0.2, 0) is 4.79 Å². The van der Waals surface area contributed by atoms with Crippen LogP contribution in [0.1, 0.15) is 44.6 Å². The maximum Gasteiger partial charge on any atom is 0.231 e. The molecular weight excluding hydrogens is 260 g/mol. The zero-order valence-corrected chi connectivity index (χ0v) is 13.3. The first-order valence-corrected chi connectivity index (χ1v) is 8.12. The SMILES string of the molecule is CC(C)c1cccc(N(C)C(=O)C2C3CCC(C3)C2N)c1. The molecule has 2 saturated carbocycles. The number of fused-ring (bicyclic) bond motifs is 2. The second kappa shape index (κ2) is 5.45. The summed E-state index contributed by atoms with van der Waals surface area (Å²) in [7, 11) is 1.89. The van der Waals surface area contributed by atoms with Crippen LogP contribution in [0.3, 0.4) is 0 Å². The second-order valence-corrected chi connectivity index (χ2v) is 7.08. The van der Waals surface area contributed by atoms with E-state index in [1.165, 1.54) is 18.4 Å². The fraction of sp³-hybridized carbons (Fsp3) is 0.611. The van der Waals surface area contributed by atoms with Gasteiger partial charge in [0.15, 0.2) is 0 Å². The molecule has 21 heavy (non-hydrogen) atoms. The van der Waals surface area contributed by atoms with Crippen LogP contribution in [0.15, 0.2) is 24.3 Å². The van der Waals surface area contributed by atoms with Gasteiger partial charge >= 0.3 is 0 Å². The highest BCUT2D eigenvalue weighted by Crippen LogP contribution is 2.48. The summed E-state index contributed by atoms with van der Waals surface area (Å²) in [6, 6.07) is 8.36. The van der Waals surface area contributed by atoms with Gasteiger partial charge in [-0.25, -0.2) is 0 Å². The summed E-state index contributed by atoms with van der Waals surface area (Å²) in [6.07, 6.45) is 3.54. The van der Waals surface area contributed by atoms with Gasteiger partial charge in [0.25, 0.3) is 0 Å². The predicted molar refractivity (Wildman–Crippen MR) is 86.2 cm³/mol.